The Balaban J connectivity index is 1.61. The fourth-order valence-electron chi connectivity index (χ4n) is 3.07. The Labute approximate surface area is 118 Å². The summed E-state index contributed by atoms with van der Waals surface area (Å²) in [5.41, 5.74) is 6.05. The van der Waals surface area contributed by atoms with Crippen molar-refractivity contribution in [1.82, 2.24) is 9.80 Å². The maximum absolute atomic E-state index is 6.05. The molecular weight excluding hydrogens is 236 g/mol. The van der Waals surface area contributed by atoms with Gasteiger partial charge in [-0.1, -0.05) is 12.8 Å². The molecule has 2 saturated heterocycles. The normalized spacial score (nSPS) is 23.4. The fraction of sp³-hybridized carbons (Fsp3) is 0.933. The van der Waals surface area contributed by atoms with Crippen molar-refractivity contribution in [2.24, 2.45) is 10.7 Å². The van der Waals surface area contributed by atoms with Crippen LogP contribution >= 0.6 is 0 Å². The van der Waals surface area contributed by atoms with Gasteiger partial charge in [0.15, 0.2) is 5.96 Å². The van der Waals surface area contributed by atoms with E-state index in [-0.39, 0.29) is 0 Å². The summed E-state index contributed by atoms with van der Waals surface area (Å²) >= 11 is 0. The van der Waals surface area contributed by atoms with E-state index in [0.717, 1.165) is 32.0 Å². The Hall–Kier alpha value is -0.770. The Morgan fingerprint density at radius 1 is 0.842 bits per heavy atom. The first-order chi connectivity index (χ1) is 9.36. The first-order valence-electron chi connectivity index (χ1n) is 8.13. The zero-order valence-electron chi connectivity index (χ0n) is 12.3. The Kier molecular flexibility index (Phi) is 6.48. The minimum absolute atomic E-state index is 0.774. The van der Waals surface area contributed by atoms with Crippen LogP contribution in [0.3, 0.4) is 0 Å². The molecule has 0 saturated carbocycles. The lowest BCUT2D eigenvalue weighted by Gasteiger charge is -2.27. The molecule has 4 nitrogen and oxygen atoms in total. The van der Waals surface area contributed by atoms with Crippen LogP contribution in [0.2, 0.25) is 0 Å². The molecule has 2 aliphatic heterocycles. The number of piperidine rings is 1. The van der Waals surface area contributed by atoms with E-state index in [2.05, 4.69) is 14.8 Å². The van der Waals surface area contributed by atoms with Gasteiger partial charge in [0.25, 0.3) is 0 Å². The van der Waals surface area contributed by atoms with Gasteiger partial charge in [0, 0.05) is 19.6 Å². The van der Waals surface area contributed by atoms with Gasteiger partial charge in [-0.3, -0.25) is 4.99 Å². The fourth-order valence-corrected chi connectivity index (χ4v) is 3.07. The number of guanidine groups is 1. The van der Waals surface area contributed by atoms with E-state index in [1.54, 1.807) is 0 Å². The minimum atomic E-state index is 0.774. The van der Waals surface area contributed by atoms with Crippen LogP contribution in [0.25, 0.3) is 0 Å². The van der Waals surface area contributed by atoms with Gasteiger partial charge in [-0.05, 0) is 58.2 Å². The summed E-state index contributed by atoms with van der Waals surface area (Å²) < 4.78 is 0. The lowest BCUT2D eigenvalue weighted by Crippen LogP contribution is -2.41. The summed E-state index contributed by atoms with van der Waals surface area (Å²) in [6, 6.07) is 0. The van der Waals surface area contributed by atoms with Gasteiger partial charge in [0.1, 0.15) is 0 Å². The Bertz CT molecular complexity index is 263. The average Bonchev–Trinajstić information content (AvgIpc) is 2.73. The summed E-state index contributed by atoms with van der Waals surface area (Å²) in [4.78, 5) is 9.39. The molecule has 2 heterocycles. The smallest absolute Gasteiger partial charge is 0.191 e. The molecular formula is C15H30N4. The van der Waals surface area contributed by atoms with Crippen molar-refractivity contribution >= 4 is 5.96 Å². The zero-order chi connectivity index (χ0) is 13.3. The van der Waals surface area contributed by atoms with Gasteiger partial charge in [0.05, 0.1) is 0 Å². The van der Waals surface area contributed by atoms with Crippen LogP contribution in [0.15, 0.2) is 4.99 Å². The molecule has 0 aromatic rings. The molecule has 2 aliphatic rings. The monoisotopic (exact) mass is 266 g/mol. The highest BCUT2D eigenvalue weighted by Crippen LogP contribution is 2.10. The molecule has 4 heteroatoms. The second kappa shape index (κ2) is 8.41. The van der Waals surface area contributed by atoms with E-state index >= 15 is 0 Å². The van der Waals surface area contributed by atoms with Crippen LogP contribution in [0.1, 0.15) is 51.4 Å². The first kappa shape index (κ1) is 14.6. The summed E-state index contributed by atoms with van der Waals surface area (Å²) in [6.07, 6.45) is 10.6. The second-order valence-corrected chi connectivity index (χ2v) is 5.90. The predicted molar refractivity (Wildman–Crippen MR) is 81.4 cm³/mol. The predicted octanol–water partition coefficient (Wildman–Crippen LogP) is 2.05. The molecule has 19 heavy (non-hydrogen) atoms. The quantitative estimate of drug-likeness (QED) is 0.481. The van der Waals surface area contributed by atoms with Crippen LogP contribution < -0.4 is 5.73 Å². The molecule has 0 aromatic heterocycles. The number of rotatable bonds is 4. The second-order valence-electron chi connectivity index (χ2n) is 5.90. The van der Waals surface area contributed by atoms with Crippen LogP contribution in [0.4, 0.5) is 0 Å². The van der Waals surface area contributed by atoms with Crippen molar-refractivity contribution in [2.75, 3.05) is 39.3 Å². The maximum Gasteiger partial charge on any atom is 0.191 e. The molecule has 0 bridgehead atoms. The van der Waals surface area contributed by atoms with Gasteiger partial charge in [-0.15, -0.1) is 0 Å². The van der Waals surface area contributed by atoms with Crippen LogP contribution in [0.5, 0.6) is 0 Å². The Morgan fingerprint density at radius 3 is 2.11 bits per heavy atom. The van der Waals surface area contributed by atoms with Crippen molar-refractivity contribution in [2.45, 2.75) is 51.4 Å². The molecule has 2 N–H and O–H groups in total. The summed E-state index contributed by atoms with van der Waals surface area (Å²) in [5, 5.41) is 0. The van der Waals surface area contributed by atoms with Gasteiger partial charge in [-0.25, -0.2) is 0 Å². The van der Waals surface area contributed by atoms with Gasteiger partial charge in [0.2, 0.25) is 0 Å². The third-order valence-corrected chi connectivity index (χ3v) is 4.28. The van der Waals surface area contributed by atoms with E-state index in [1.807, 2.05) is 0 Å². The molecule has 0 atom stereocenters. The third-order valence-electron chi connectivity index (χ3n) is 4.28. The van der Waals surface area contributed by atoms with Gasteiger partial charge in [-0.2, -0.15) is 0 Å². The maximum atomic E-state index is 6.05. The SMILES string of the molecule is NC(=NCCCN1CCCCCC1)N1CCCCC1. The van der Waals surface area contributed by atoms with Crippen molar-refractivity contribution in [3.8, 4) is 0 Å². The van der Waals surface area contributed by atoms with Crippen LogP contribution in [0, 0.1) is 0 Å². The average molecular weight is 266 g/mol. The van der Waals surface area contributed by atoms with Crippen molar-refractivity contribution in [3.63, 3.8) is 0 Å². The summed E-state index contributed by atoms with van der Waals surface area (Å²) in [7, 11) is 0. The van der Waals surface area contributed by atoms with Crippen LogP contribution in [-0.2, 0) is 0 Å². The van der Waals surface area contributed by atoms with Crippen molar-refractivity contribution in [3.05, 3.63) is 0 Å². The van der Waals surface area contributed by atoms with E-state index < -0.39 is 0 Å². The number of nitrogens with zero attached hydrogens (tertiary/aromatic N) is 3. The van der Waals surface area contributed by atoms with Gasteiger partial charge >= 0.3 is 0 Å². The number of hydrogen-bond donors (Lipinski definition) is 1. The van der Waals surface area contributed by atoms with E-state index in [1.165, 1.54) is 64.6 Å². The number of nitrogens with two attached hydrogens (primary N) is 1. The highest BCUT2D eigenvalue weighted by atomic mass is 15.3. The molecule has 0 spiro atoms. The highest BCUT2D eigenvalue weighted by molar-refractivity contribution is 5.78. The molecule has 110 valence electrons. The van der Waals surface area contributed by atoms with Crippen molar-refractivity contribution < 1.29 is 0 Å². The minimum Gasteiger partial charge on any atom is -0.370 e. The van der Waals surface area contributed by atoms with Crippen molar-refractivity contribution in [1.29, 1.82) is 0 Å². The molecule has 0 aliphatic carbocycles. The molecule has 0 aromatic carbocycles. The highest BCUT2D eigenvalue weighted by Gasteiger charge is 2.12. The van der Waals surface area contributed by atoms with E-state index in [4.69, 9.17) is 5.73 Å². The molecule has 0 radical (unpaired) electrons. The molecule has 2 fully saturated rings. The summed E-state index contributed by atoms with van der Waals surface area (Å²) in [5.74, 6) is 0.774. The number of hydrogen-bond acceptors (Lipinski definition) is 2. The largest absolute Gasteiger partial charge is 0.370 e. The van der Waals surface area contributed by atoms with Gasteiger partial charge < -0.3 is 15.5 Å². The third kappa shape index (κ3) is 5.39. The molecule has 0 unspecified atom stereocenters. The lowest BCUT2D eigenvalue weighted by atomic mass is 10.1. The number of likely N-dealkylation sites (tertiary alicyclic amines) is 2. The topological polar surface area (TPSA) is 44.9 Å². The lowest BCUT2D eigenvalue weighted by molar-refractivity contribution is 0.283. The van der Waals surface area contributed by atoms with Crippen LogP contribution in [-0.4, -0.2) is 55.0 Å². The Morgan fingerprint density at radius 2 is 1.42 bits per heavy atom. The zero-order valence-corrected chi connectivity index (χ0v) is 12.3. The number of aliphatic imine (C=N–C) groups is 1. The first-order valence-corrected chi connectivity index (χ1v) is 8.13. The summed E-state index contributed by atoms with van der Waals surface area (Å²) in [6.45, 7) is 6.84. The standard InChI is InChI=1S/C15H30N4/c16-15(19-13-6-3-7-14-19)17-9-8-12-18-10-4-1-2-5-11-18/h1-14H2,(H2,16,17). The molecule has 2 rings (SSSR count). The van der Waals surface area contributed by atoms with E-state index in [0.29, 0.717) is 0 Å². The molecule has 0 amide bonds. The van der Waals surface area contributed by atoms with E-state index in [9.17, 15) is 0 Å².